The normalized spacial score (nSPS) is 11.8. The standard InChI is InChI=1S/C15H17FN6O2S/c1-2-17-13-7-8-14-19-20-15(22(14)21-13)9-10-18-25(23,24)12-5-3-11(16)4-6-12/h3-8,18H,2,9-10H2,1H3,(H,17,21). The van der Waals surface area contributed by atoms with E-state index in [9.17, 15) is 12.8 Å². The molecular weight excluding hydrogens is 347 g/mol. The van der Waals surface area contributed by atoms with E-state index in [0.717, 1.165) is 18.7 Å². The fourth-order valence-electron chi connectivity index (χ4n) is 2.26. The van der Waals surface area contributed by atoms with Crippen molar-refractivity contribution in [2.24, 2.45) is 0 Å². The van der Waals surface area contributed by atoms with Gasteiger partial charge in [0.25, 0.3) is 0 Å². The van der Waals surface area contributed by atoms with Gasteiger partial charge in [-0.05, 0) is 43.3 Å². The van der Waals surface area contributed by atoms with Gasteiger partial charge in [-0.3, -0.25) is 0 Å². The van der Waals surface area contributed by atoms with Crippen molar-refractivity contribution in [1.29, 1.82) is 0 Å². The van der Waals surface area contributed by atoms with Crippen LogP contribution < -0.4 is 10.0 Å². The van der Waals surface area contributed by atoms with E-state index < -0.39 is 15.8 Å². The quantitative estimate of drug-likeness (QED) is 0.654. The van der Waals surface area contributed by atoms with Crippen molar-refractivity contribution in [2.45, 2.75) is 18.2 Å². The predicted octanol–water partition coefficient (Wildman–Crippen LogP) is 1.22. The van der Waals surface area contributed by atoms with Gasteiger partial charge in [0.2, 0.25) is 10.0 Å². The Morgan fingerprint density at radius 2 is 1.88 bits per heavy atom. The summed E-state index contributed by atoms with van der Waals surface area (Å²) in [5.41, 5.74) is 0.582. The van der Waals surface area contributed by atoms with Crippen LogP contribution in [0.15, 0.2) is 41.3 Å². The first-order valence-electron chi connectivity index (χ1n) is 7.70. The van der Waals surface area contributed by atoms with Crippen LogP contribution >= 0.6 is 0 Å². The molecule has 0 fully saturated rings. The molecule has 0 saturated carbocycles. The van der Waals surface area contributed by atoms with Gasteiger partial charge in [0, 0.05) is 19.5 Å². The van der Waals surface area contributed by atoms with Gasteiger partial charge in [0.05, 0.1) is 4.90 Å². The van der Waals surface area contributed by atoms with Gasteiger partial charge in [-0.2, -0.15) is 4.52 Å². The number of nitrogens with one attached hydrogen (secondary N) is 2. The Labute approximate surface area is 144 Å². The molecule has 0 amide bonds. The summed E-state index contributed by atoms with van der Waals surface area (Å²) in [6.45, 7) is 2.81. The van der Waals surface area contributed by atoms with Gasteiger partial charge < -0.3 is 5.32 Å². The third kappa shape index (κ3) is 3.91. The average molecular weight is 364 g/mol. The van der Waals surface area contributed by atoms with Crippen molar-refractivity contribution >= 4 is 21.5 Å². The Morgan fingerprint density at radius 3 is 2.60 bits per heavy atom. The highest BCUT2D eigenvalue weighted by molar-refractivity contribution is 7.89. The van der Waals surface area contributed by atoms with E-state index in [1.54, 1.807) is 16.6 Å². The molecule has 132 valence electrons. The minimum Gasteiger partial charge on any atom is -0.369 e. The Hall–Kier alpha value is -2.59. The van der Waals surface area contributed by atoms with Crippen LogP contribution in [-0.2, 0) is 16.4 Å². The van der Waals surface area contributed by atoms with E-state index in [-0.39, 0.29) is 11.4 Å². The highest BCUT2D eigenvalue weighted by atomic mass is 32.2. The molecule has 0 atom stereocenters. The second kappa shape index (κ2) is 7.11. The van der Waals surface area contributed by atoms with Crippen molar-refractivity contribution in [3.05, 3.63) is 48.0 Å². The molecule has 10 heteroatoms. The molecule has 0 aliphatic rings. The zero-order chi connectivity index (χ0) is 17.9. The van der Waals surface area contributed by atoms with Crippen molar-refractivity contribution in [1.82, 2.24) is 24.5 Å². The van der Waals surface area contributed by atoms with E-state index in [1.807, 2.05) is 6.92 Å². The van der Waals surface area contributed by atoms with Gasteiger partial charge in [-0.15, -0.1) is 15.3 Å². The lowest BCUT2D eigenvalue weighted by molar-refractivity contribution is 0.579. The maximum atomic E-state index is 12.9. The molecule has 0 aliphatic carbocycles. The second-order valence-corrected chi connectivity index (χ2v) is 7.00. The van der Waals surface area contributed by atoms with Crippen LogP contribution in [0.3, 0.4) is 0 Å². The number of nitrogens with zero attached hydrogens (tertiary/aromatic N) is 4. The number of anilines is 1. The lowest BCUT2D eigenvalue weighted by Crippen LogP contribution is -2.26. The first-order chi connectivity index (χ1) is 12.0. The molecular formula is C15H17FN6O2S. The minimum atomic E-state index is -3.71. The first-order valence-corrected chi connectivity index (χ1v) is 9.18. The van der Waals surface area contributed by atoms with Crippen LogP contribution in [-0.4, -0.2) is 41.3 Å². The molecule has 0 spiro atoms. The number of halogens is 1. The number of aromatic nitrogens is 4. The third-order valence-corrected chi connectivity index (χ3v) is 4.93. The van der Waals surface area contributed by atoms with Crippen LogP contribution in [0.4, 0.5) is 10.2 Å². The van der Waals surface area contributed by atoms with E-state index in [2.05, 4.69) is 25.3 Å². The summed E-state index contributed by atoms with van der Waals surface area (Å²) in [6, 6.07) is 8.22. The fraction of sp³-hybridized carbons (Fsp3) is 0.267. The highest BCUT2D eigenvalue weighted by Crippen LogP contribution is 2.10. The molecule has 2 aromatic heterocycles. The Balaban J connectivity index is 1.70. The second-order valence-electron chi connectivity index (χ2n) is 5.24. The molecule has 0 aliphatic heterocycles. The Kier molecular flexibility index (Phi) is 4.91. The van der Waals surface area contributed by atoms with Crippen molar-refractivity contribution in [2.75, 3.05) is 18.4 Å². The zero-order valence-electron chi connectivity index (χ0n) is 13.5. The van der Waals surface area contributed by atoms with Gasteiger partial charge in [0.1, 0.15) is 11.6 Å². The number of rotatable bonds is 7. The molecule has 0 saturated heterocycles. The summed E-state index contributed by atoms with van der Waals surface area (Å²) in [7, 11) is -3.71. The number of sulfonamides is 1. The molecule has 8 nitrogen and oxygen atoms in total. The van der Waals surface area contributed by atoms with Crippen LogP contribution in [0.2, 0.25) is 0 Å². The monoisotopic (exact) mass is 364 g/mol. The molecule has 0 bridgehead atoms. The molecule has 2 heterocycles. The number of fused-ring (bicyclic) bond motifs is 1. The predicted molar refractivity (Wildman–Crippen MR) is 90.2 cm³/mol. The summed E-state index contributed by atoms with van der Waals surface area (Å²) >= 11 is 0. The summed E-state index contributed by atoms with van der Waals surface area (Å²) in [5.74, 6) is 0.732. The number of hydrogen-bond acceptors (Lipinski definition) is 6. The smallest absolute Gasteiger partial charge is 0.240 e. The van der Waals surface area contributed by atoms with Crippen molar-refractivity contribution in [3.63, 3.8) is 0 Å². The number of benzene rings is 1. The van der Waals surface area contributed by atoms with Crippen molar-refractivity contribution in [3.8, 4) is 0 Å². The Bertz CT molecular complexity index is 971. The maximum Gasteiger partial charge on any atom is 0.240 e. The first kappa shape index (κ1) is 17.2. The SMILES string of the molecule is CCNc1ccc2nnc(CCNS(=O)(=O)c3ccc(F)cc3)n2n1. The topological polar surface area (TPSA) is 101 Å². The molecule has 0 unspecified atom stereocenters. The highest BCUT2D eigenvalue weighted by Gasteiger charge is 2.14. The van der Waals surface area contributed by atoms with Crippen LogP contribution in [0.1, 0.15) is 12.7 Å². The summed E-state index contributed by atoms with van der Waals surface area (Å²) in [4.78, 5) is 0.00700. The van der Waals surface area contributed by atoms with Gasteiger partial charge in [-0.1, -0.05) is 0 Å². The Morgan fingerprint density at radius 1 is 1.12 bits per heavy atom. The molecule has 2 N–H and O–H groups in total. The molecule has 0 radical (unpaired) electrons. The van der Waals surface area contributed by atoms with E-state index in [0.29, 0.717) is 23.7 Å². The summed E-state index contributed by atoms with van der Waals surface area (Å²) in [5, 5.41) is 15.5. The minimum absolute atomic E-state index is 0.00700. The lowest BCUT2D eigenvalue weighted by atomic mass is 10.4. The number of hydrogen-bond donors (Lipinski definition) is 2. The molecule has 3 rings (SSSR count). The van der Waals surface area contributed by atoms with Crippen LogP contribution in [0, 0.1) is 5.82 Å². The molecule has 25 heavy (non-hydrogen) atoms. The van der Waals surface area contributed by atoms with Gasteiger partial charge in [-0.25, -0.2) is 17.5 Å². The molecule has 1 aromatic carbocycles. The average Bonchev–Trinajstić information content (AvgIpc) is 2.98. The summed E-state index contributed by atoms with van der Waals surface area (Å²) in [6.07, 6.45) is 0.310. The zero-order valence-corrected chi connectivity index (χ0v) is 14.3. The van der Waals surface area contributed by atoms with Crippen LogP contribution in [0.5, 0.6) is 0 Å². The van der Waals surface area contributed by atoms with E-state index in [4.69, 9.17) is 0 Å². The van der Waals surface area contributed by atoms with Crippen LogP contribution in [0.25, 0.3) is 5.65 Å². The van der Waals surface area contributed by atoms with E-state index in [1.165, 1.54) is 12.1 Å². The summed E-state index contributed by atoms with van der Waals surface area (Å²) < 4.78 is 41.3. The van der Waals surface area contributed by atoms with E-state index >= 15 is 0 Å². The fourth-order valence-corrected chi connectivity index (χ4v) is 3.29. The van der Waals surface area contributed by atoms with Gasteiger partial charge in [0.15, 0.2) is 11.5 Å². The lowest BCUT2D eigenvalue weighted by Gasteiger charge is -2.06. The largest absolute Gasteiger partial charge is 0.369 e. The maximum absolute atomic E-state index is 12.9. The third-order valence-electron chi connectivity index (χ3n) is 3.45. The van der Waals surface area contributed by atoms with Gasteiger partial charge >= 0.3 is 0 Å². The molecule has 3 aromatic rings. The van der Waals surface area contributed by atoms with Crippen molar-refractivity contribution < 1.29 is 12.8 Å².